The van der Waals surface area contributed by atoms with Crippen molar-refractivity contribution >= 4 is 33.0 Å². The zero-order valence-corrected chi connectivity index (χ0v) is 12.2. The fraction of sp³-hybridized carbons (Fsp3) is 0.417. The molecule has 0 heterocycles. The van der Waals surface area contributed by atoms with Gasteiger partial charge in [-0.05, 0) is 24.1 Å². The third-order valence-electron chi connectivity index (χ3n) is 2.18. The van der Waals surface area contributed by atoms with Crippen molar-refractivity contribution in [2.45, 2.75) is 12.8 Å². The van der Waals surface area contributed by atoms with E-state index in [0.29, 0.717) is 23.6 Å². The molecule has 6 heteroatoms. The molecule has 0 fully saturated rings. The summed E-state index contributed by atoms with van der Waals surface area (Å²) in [6.07, 6.45) is 3.96. The van der Waals surface area contributed by atoms with E-state index in [1.54, 1.807) is 24.6 Å². The van der Waals surface area contributed by atoms with Gasteiger partial charge in [0.15, 0.2) is 0 Å². The first kappa shape index (κ1) is 15.0. The number of rotatable bonds is 4. The molecule has 0 aliphatic rings. The first-order valence-electron chi connectivity index (χ1n) is 5.34. The predicted molar refractivity (Wildman–Crippen MR) is 73.9 cm³/mol. The highest BCUT2D eigenvalue weighted by Gasteiger charge is 2.05. The maximum absolute atomic E-state index is 11.6. The topological polar surface area (TPSA) is 55.7 Å². The number of carbonyl (C=O) groups is 1. The van der Waals surface area contributed by atoms with Gasteiger partial charge >= 0.3 is 5.97 Å². The summed E-state index contributed by atoms with van der Waals surface area (Å²) in [4.78, 5) is 11.0. The van der Waals surface area contributed by atoms with E-state index in [1.165, 1.54) is 7.11 Å². The van der Waals surface area contributed by atoms with Crippen molar-refractivity contribution in [2.24, 2.45) is 4.36 Å². The van der Waals surface area contributed by atoms with Crippen molar-refractivity contribution in [1.82, 2.24) is 0 Å². The van der Waals surface area contributed by atoms with Crippen LogP contribution < -0.4 is 0 Å². The Kier molecular flexibility index (Phi) is 5.16. The fourth-order valence-electron chi connectivity index (χ4n) is 1.37. The van der Waals surface area contributed by atoms with Gasteiger partial charge in [-0.25, -0.2) is 4.21 Å². The molecular weight excluding hydrogens is 274 g/mol. The van der Waals surface area contributed by atoms with E-state index >= 15 is 0 Å². The number of benzene rings is 1. The van der Waals surface area contributed by atoms with E-state index in [2.05, 4.69) is 9.10 Å². The van der Waals surface area contributed by atoms with Gasteiger partial charge < -0.3 is 4.74 Å². The van der Waals surface area contributed by atoms with Gasteiger partial charge in [-0.15, -0.1) is 0 Å². The molecule has 0 unspecified atom stereocenters. The first-order chi connectivity index (χ1) is 8.31. The Morgan fingerprint density at radius 3 is 2.61 bits per heavy atom. The zero-order chi connectivity index (χ0) is 13.8. The molecule has 0 bridgehead atoms. The van der Waals surface area contributed by atoms with Gasteiger partial charge in [-0.2, -0.15) is 4.36 Å². The van der Waals surface area contributed by atoms with Crippen molar-refractivity contribution < 1.29 is 13.7 Å². The summed E-state index contributed by atoms with van der Waals surface area (Å²) in [7, 11) is -0.868. The fourth-order valence-corrected chi connectivity index (χ4v) is 2.29. The van der Waals surface area contributed by atoms with Crippen LogP contribution in [0.2, 0.25) is 5.02 Å². The molecule has 1 aromatic carbocycles. The average Bonchev–Trinajstić information content (AvgIpc) is 2.27. The minimum atomic E-state index is -2.23. The maximum Gasteiger partial charge on any atom is 0.305 e. The van der Waals surface area contributed by atoms with Crippen molar-refractivity contribution in [1.29, 1.82) is 0 Å². The molecule has 4 nitrogen and oxygen atoms in total. The maximum atomic E-state index is 11.6. The highest BCUT2D eigenvalue weighted by Crippen LogP contribution is 2.27. The number of hydrogen-bond acceptors (Lipinski definition) is 4. The zero-order valence-electron chi connectivity index (χ0n) is 10.6. The molecule has 1 rings (SSSR count). The van der Waals surface area contributed by atoms with Crippen LogP contribution in [0.4, 0.5) is 5.69 Å². The lowest BCUT2D eigenvalue weighted by Gasteiger charge is -2.04. The molecule has 0 atom stereocenters. The molecule has 0 spiro atoms. The van der Waals surface area contributed by atoms with Gasteiger partial charge in [0, 0.05) is 28.7 Å². The van der Waals surface area contributed by atoms with Crippen LogP contribution in [0.5, 0.6) is 0 Å². The molecular formula is C12H16ClNO3S. The molecule has 0 amide bonds. The SMILES string of the molecule is COC(=O)CCc1ccc(N=S(C)(C)=O)c(Cl)c1. The molecule has 100 valence electrons. The Labute approximate surface area is 112 Å². The molecule has 0 aliphatic carbocycles. The minimum absolute atomic E-state index is 0.259. The summed E-state index contributed by atoms with van der Waals surface area (Å²) < 4.78 is 20.2. The lowest BCUT2D eigenvalue weighted by molar-refractivity contribution is -0.140. The molecule has 1 aromatic rings. The van der Waals surface area contributed by atoms with Crippen LogP contribution >= 0.6 is 11.6 Å². The molecule has 0 N–H and O–H groups in total. The molecule has 0 aromatic heterocycles. The highest BCUT2D eigenvalue weighted by atomic mass is 35.5. The lowest BCUT2D eigenvalue weighted by Crippen LogP contribution is -2.01. The summed E-state index contributed by atoms with van der Waals surface area (Å²) in [6, 6.07) is 5.26. The van der Waals surface area contributed by atoms with E-state index in [9.17, 15) is 9.00 Å². The van der Waals surface area contributed by atoms with Crippen molar-refractivity contribution in [2.75, 3.05) is 19.6 Å². The predicted octanol–water partition coefficient (Wildman–Crippen LogP) is 2.80. The van der Waals surface area contributed by atoms with Crippen molar-refractivity contribution in [3.8, 4) is 0 Å². The van der Waals surface area contributed by atoms with E-state index in [1.807, 2.05) is 6.07 Å². The number of ether oxygens (including phenoxy) is 1. The number of carbonyl (C=O) groups excluding carboxylic acids is 1. The third-order valence-corrected chi connectivity index (χ3v) is 3.11. The van der Waals surface area contributed by atoms with Crippen LogP contribution in [0.3, 0.4) is 0 Å². The molecule has 0 aliphatic heterocycles. The molecule has 0 saturated carbocycles. The number of aryl methyl sites for hydroxylation is 1. The normalized spacial score (nSPS) is 11.1. The summed E-state index contributed by atoms with van der Waals surface area (Å²) >= 11 is 6.05. The Morgan fingerprint density at radius 1 is 1.44 bits per heavy atom. The van der Waals surface area contributed by atoms with E-state index in [4.69, 9.17) is 11.6 Å². The van der Waals surface area contributed by atoms with Gasteiger partial charge in [-0.1, -0.05) is 17.7 Å². The largest absolute Gasteiger partial charge is 0.469 e. The quantitative estimate of drug-likeness (QED) is 0.801. The summed E-state index contributed by atoms with van der Waals surface area (Å²) in [5.41, 5.74) is 1.43. The molecule has 0 radical (unpaired) electrons. The van der Waals surface area contributed by atoms with Crippen LogP contribution in [0.1, 0.15) is 12.0 Å². The standard InChI is InChI=1S/C12H16ClNO3S/c1-17-12(15)7-5-9-4-6-11(10(13)8-9)14-18(2,3)16/h4,6,8H,5,7H2,1-3H3. The number of hydrogen-bond donors (Lipinski definition) is 0. The van der Waals surface area contributed by atoms with Gasteiger partial charge in [0.1, 0.15) is 0 Å². The monoisotopic (exact) mass is 289 g/mol. The number of esters is 1. The Morgan fingerprint density at radius 2 is 2.11 bits per heavy atom. The number of nitrogens with zero attached hydrogens (tertiary/aromatic N) is 1. The smallest absolute Gasteiger partial charge is 0.305 e. The van der Waals surface area contributed by atoms with Gasteiger partial charge in [0.2, 0.25) is 0 Å². The molecule has 18 heavy (non-hydrogen) atoms. The summed E-state index contributed by atoms with van der Waals surface area (Å²) in [5.74, 6) is -0.259. The minimum Gasteiger partial charge on any atom is -0.469 e. The summed E-state index contributed by atoms with van der Waals surface area (Å²) in [5, 5.41) is 0.439. The second-order valence-corrected chi connectivity index (χ2v) is 7.09. The third kappa shape index (κ3) is 5.06. The Bertz CT molecular complexity index is 554. The van der Waals surface area contributed by atoms with Gasteiger partial charge in [-0.3, -0.25) is 4.79 Å². The van der Waals surface area contributed by atoms with E-state index < -0.39 is 9.73 Å². The van der Waals surface area contributed by atoms with Crippen LogP contribution in [0, 0.1) is 0 Å². The van der Waals surface area contributed by atoms with Crippen LogP contribution in [0.25, 0.3) is 0 Å². The second kappa shape index (κ2) is 6.20. The summed E-state index contributed by atoms with van der Waals surface area (Å²) in [6.45, 7) is 0. The molecule has 0 saturated heterocycles. The van der Waals surface area contributed by atoms with Crippen molar-refractivity contribution in [3.63, 3.8) is 0 Å². The van der Waals surface area contributed by atoms with Gasteiger partial charge in [0.25, 0.3) is 0 Å². The first-order valence-corrected chi connectivity index (χ1v) is 8.05. The van der Waals surface area contributed by atoms with E-state index in [-0.39, 0.29) is 5.97 Å². The van der Waals surface area contributed by atoms with Crippen LogP contribution in [0.15, 0.2) is 22.6 Å². The number of methoxy groups -OCH3 is 1. The second-order valence-electron chi connectivity index (χ2n) is 4.13. The van der Waals surface area contributed by atoms with Crippen LogP contribution in [-0.2, 0) is 25.7 Å². The van der Waals surface area contributed by atoms with E-state index in [0.717, 1.165) is 5.56 Å². The van der Waals surface area contributed by atoms with Gasteiger partial charge in [0.05, 0.1) is 17.8 Å². The Balaban J connectivity index is 2.87. The van der Waals surface area contributed by atoms with Crippen LogP contribution in [-0.4, -0.2) is 29.8 Å². The number of halogens is 1. The highest BCUT2D eigenvalue weighted by molar-refractivity contribution is 7.92. The average molecular weight is 290 g/mol. The lowest BCUT2D eigenvalue weighted by atomic mass is 10.1. The van der Waals surface area contributed by atoms with Crippen molar-refractivity contribution in [3.05, 3.63) is 28.8 Å². The Hall–Kier alpha value is -1.07.